The van der Waals surface area contributed by atoms with Gasteiger partial charge in [-0.25, -0.2) is 27.0 Å². The van der Waals surface area contributed by atoms with Gasteiger partial charge in [0, 0.05) is 27.8 Å². The predicted molar refractivity (Wildman–Crippen MR) is 377 cm³/mol. The van der Waals surface area contributed by atoms with Crippen LogP contribution in [0.1, 0.15) is 169 Å². The molecule has 16 rings (SSSR count). The maximum Gasteiger partial charge on any atom is 0.287 e. The van der Waals surface area contributed by atoms with Gasteiger partial charge in [-0.05, 0) is 266 Å². The molecule has 4 aliphatic carbocycles. The molecule has 476 valence electrons. The number of para-hydroxylation sites is 1. The van der Waals surface area contributed by atoms with Crippen molar-refractivity contribution in [3.05, 3.63) is 238 Å². The van der Waals surface area contributed by atoms with Gasteiger partial charge in [0.2, 0.25) is 0 Å². The lowest BCUT2D eigenvalue weighted by atomic mass is 9.79. The van der Waals surface area contributed by atoms with E-state index < -0.39 is 0 Å². The highest BCUT2D eigenvalue weighted by Crippen LogP contribution is 2.42. The van der Waals surface area contributed by atoms with Crippen molar-refractivity contribution >= 4 is 43.6 Å². The molecule has 4 aromatic heterocycles. The summed E-state index contributed by atoms with van der Waals surface area (Å²) in [6.07, 6.45) is 26.1. The van der Waals surface area contributed by atoms with E-state index in [1.54, 1.807) is 12.1 Å². The van der Waals surface area contributed by atoms with Crippen LogP contribution >= 0.6 is 0 Å². The first-order chi connectivity index (χ1) is 45.5. The fourth-order valence-electron chi connectivity index (χ4n) is 15.2. The van der Waals surface area contributed by atoms with Crippen LogP contribution in [0.3, 0.4) is 0 Å². The summed E-state index contributed by atoms with van der Waals surface area (Å²) < 4.78 is 35.3. The Bertz CT molecular complexity index is 4820. The molecule has 12 aromatic rings. The van der Waals surface area contributed by atoms with E-state index in [1.807, 2.05) is 74.5 Å². The second kappa shape index (κ2) is 27.5. The molecule has 4 fully saturated rings. The van der Waals surface area contributed by atoms with E-state index in [0.29, 0.717) is 17.8 Å². The van der Waals surface area contributed by atoms with Crippen LogP contribution in [-0.2, 0) is 28.2 Å². The van der Waals surface area contributed by atoms with E-state index in [0.717, 1.165) is 66.9 Å². The molecule has 4 aliphatic rings. The maximum atomic E-state index is 13.5. The zero-order valence-corrected chi connectivity index (χ0v) is 56.7. The smallest absolute Gasteiger partial charge is 0.232 e. The van der Waals surface area contributed by atoms with Gasteiger partial charge in [-0.3, -0.25) is 0 Å². The number of aromatic nitrogens is 8. The average Bonchev–Trinajstić information content (AvgIpc) is 0.978. The van der Waals surface area contributed by atoms with Gasteiger partial charge in [0.15, 0.2) is 22.1 Å². The molecular weight excluding hydrogens is 1160 g/mol. The van der Waals surface area contributed by atoms with Crippen LogP contribution in [0.2, 0.25) is 0 Å². The second-order valence-corrected chi connectivity index (χ2v) is 27.7. The maximum absolute atomic E-state index is 13.5. The van der Waals surface area contributed by atoms with Gasteiger partial charge in [0.05, 0.1) is 49.7 Å². The summed E-state index contributed by atoms with van der Waals surface area (Å²) in [4.78, 5) is 18.7. The third-order valence-electron chi connectivity index (χ3n) is 21.0. The van der Waals surface area contributed by atoms with Gasteiger partial charge in [-0.2, -0.15) is 0 Å². The fraction of sp³-hybridized carbons (Fsp3) is 0.333. The van der Waals surface area contributed by atoms with Crippen LogP contribution in [0.5, 0.6) is 0 Å². The fourth-order valence-corrected chi connectivity index (χ4v) is 15.2. The van der Waals surface area contributed by atoms with E-state index in [-0.39, 0.29) is 11.6 Å². The third-order valence-corrected chi connectivity index (χ3v) is 21.0. The number of hydrogen-bond acceptors (Lipinski definition) is 4. The monoisotopic (exact) mass is 1250 g/mol. The summed E-state index contributed by atoms with van der Waals surface area (Å²) in [5.74, 6) is 2.41. The summed E-state index contributed by atoms with van der Waals surface area (Å²) in [5, 5.41) is 4.79. The summed E-state index contributed by atoms with van der Waals surface area (Å²) in [6.45, 7) is 12.6. The van der Waals surface area contributed by atoms with E-state index in [1.165, 1.54) is 185 Å². The largest absolute Gasteiger partial charge is 0.287 e. The van der Waals surface area contributed by atoms with Crippen LogP contribution < -0.4 is 18.3 Å². The minimum atomic E-state index is -0.195. The van der Waals surface area contributed by atoms with Crippen LogP contribution in [0.25, 0.3) is 88.6 Å². The molecule has 0 aliphatic heterocycles. The first-order valence-electron chi connectivity index (χ1n) is 34.4. The number of benzene rings is 8. The van der Waals surface area contributed by atoms with Gasteiger partial charge in [0.25, 0.3) is 25.3 Å². The van der Waals surface area contributed by atoms with Gasteiger partial charge >= 0.3 is 0 Å². The Morgan fingerprint density at radius 3 is 1.19 bits per heavy atom. The van der Waals surface area contributed by atoms with Crippen molar-refractivity contribution in [3.63, 3.8) is 0 Å². The highest BCUT2D eigenvalue weighted by Gasteiger charge is 2.28. The molecule has 4 heterocycles. The van der Waals surface area contributed by atoms with Crippen LogP contribution in [0, 0.1) is 53.2 Å². The zero-order chi connectivity index (χ0) is 65.3. The lowest BCUT2D eigenvalue weighted by Gasteiger charge is -2.25. The molecule has 10 heteroatoms. The van der Waals surface area contributed by atoms with Crippen molar-refractivity contribution in [2.45, 2.75) is 155 Å². The lowest BCUT2D eigenvalue weighted by Crippen LogP contribution is -2.32. The molecule has 0 spiro atoms. The second-order valence-electron chi connectivity index (χ2n) is 27.7. The molecule has 0 atom stereocenters. The van der Waals surface area contributed by atoms with Crippen molar-refractivity contribution < 1.29 is 27.0 Å². The van der Waals surface area contributed by atoms with Gasteiger partial charge < -0.3 is 0 Å². The van der Waals surface area contributed by atoms with Gasteiger partial charge in [-0.1, -0.05) is 104 Å². The average molecular weight is 1250 g/mol. The van der Waals surface area contributed by atoms with E-state index in [9.17, 15) is 8.78 Å². The Hall–Kier alpha value is -9.02. The molecule has 0 bridgehead atoms. The summed E-state index contributed by atoms with van der Waals surface area (Å²) in [7, 11) is 8.19. The molecule has 0 N–H and O–H groups in total. The van der Waals surface area contributed by atoms with E-state index >= 15 is 0 Å². The number of halogens is 2. The van der Waals surface area contributed by atoms with Crippen LogP contribution in [0.15, 0.2) is 171 Å². The predicted octanol–water partition coefficient (Wildman–Crippen LogP) is 18.9. The normalized spacial score (nSPS) is 15.1. The topological polar surface area (TPSA) is 67.1 Å². The van der Waals surface area contributed by atoms with Crippen LogP contribution in [-0.4, -0.2) is 19.9 Å². The first kappa shape index (κ1) is 63.7. The van der Waals surface area contributed by atoms with E-state index in [2.05, 4.69) is 170 Å². The van der Waals surface area contributed by atoms with Crippen molar-refractivity contribution in [1.29, 1.82) is 0 Å². The Morgan fingerprint density at radius 2 is 0.723 bits per heavy atom. The number of nitrogens with zero attached hydrogens (tertiary/aromatic N) is 8. The molecule has 0 unspecified atom stereocenters. The zero-order valence-electron chi connectivity index (χ0n) is 56.7. The summed E-state index contributed by atoms with van der Waals surface area (Å²) in [5.41, 5.74) is 26.6. The number of fused-ring (bicyclic) bond motifs is 4. The van der Waals surface area contributed by atoms with Crippen molar-refractivity contribution in [3.8, 4) is 45.0 Å². The van der Waals surface area contributed by atoms with Gasteiger partial charge in [-0.15, -0.1) is 0 Å². The minimum absolute atomic E-state index is 0.192. The SMILES string of the molecule is Cc1cc(F)ccc1-c1c2cc(C3CCC3)ccc2nc[n+]1C.Cc1cc(F)ccc1-c1c2ccc(C3CCC3)cc2nc[n+]1C.Cc1ccc(C)c(-c2c3ccc(C4CCCC4)cc3nc[n+]2C)c1.Cc1ccc(C)c(-c2c3cccc(C4CCCC4)c3nc[n+]2C)c1. The van der Waals surface area contributed by atoms with Gasteiger partial charge in [0.1, 0.15) is 34.4 Å². The molecule has 0 amide bonds. The summed E-state index contributed by atoms with van der Waals surface area (Å²) in [6, 6.07) is 50.3. The molecule has 0 saturated heterocycles. The quantitative estimate of drug-likeness (QED) is 0.142. The highest BCUT2D eigenvalue weighted by atomic mass is 19.1. The molecule has 8 aromatic carbocycles. The Balaban J connectivity index is 0.000000114. The number of hydrogen-bond donors (Lipinski definition) is 0. The summed E-state index contributed by atoms with van der Waals surface area (Å²) >= 11 is 0. The molecule has 94 heavy (non-hydrogen) atoms. The van der Waals surface area contributed by atoms with E-state index in [4.69, 9.17) is 9.97 Å². The van der Waals surface area contributed by atoms with Crippen LogP contribution in [0.4, 0.5) is 8.78 Å². The number of aryl methyl sites for hydroxylation is 10. The molecule has 0 radical (unpaired) electrons. The van der Waals surface area contributed by atoms with Crippen molar-refractivity contribution in [2.75, 3.05) is 0 Å². The standard InChI is InChI=1S/2C22H25N2.2C20H20FN2/c1-15-11-12-16(2)20(13-15)22-19-10-6-9-18(17-7-4-5-8-17)21(19)23-14-24(22)3;1-15-8-9-16(2)20(12-15)22-19-11-10-18(17-6-4-5-7-17)13-21(19)23-14-24(22)3;1-13-10-16(21)7-8-17(13)20-18-11-15(14-4-3-5-14)6-9-19(18)22-12-23(20)2;1-13-10-16(21)7-9-17(13)20-18-8-6-15(14-4-3-5-14)11-19(18)22-12-23(20)2/h6,9-14,17H,4-5,7-8H2,1-3H3;8-14,17H,4-7H2,1-3H3;2*6-12,14H,3-5H2,1-2H3/q4*+1. The first-order valence-corrected chi connectivity index (χ1v) is 34.4. The highest BCUT2D eigenvalue weighted by molar-refractivity contribution is 5.95. The molecular formula is C84H90F2N8+4. The Kier molecular flexibility index (Phi) is 18.7. The van der Waals surface area contributed by atoms with Crippen molar-refractivity contribution in [2.24, 2.45) is 28.2 Å². The minimum Gasteiger partial charge on any atom is -0.232 e. The molecule has 4 saturated carbocycles. The lowest BCUT2D eigenvalue weighted by molar-refractivity contribution is -0.662. The third kappa shape index (κ3) is 13.1. The Labute approximate surface area is 554 Å². The number of rotatable bonds is 8. The Morgan fingerprint density at radius 1 is 0.319 bits per heavy atom. The molecule has 8 nitrogen and oxygen atoms in total. The van der Waals surface area contributed by atoms with Crippen molar-refractivity contribution in [1.82, 2.24) is 19.9 Å².